The zero-order valence-corrected chi connectivity index (χ0v) is 17.5. The van der Waals surface area contributed by atoms with Gasteiger partial charge in [0.25, 0.3) is 5.91 Å². The number of amides is 1. The number of carbonyl (C=O) groups is 1. The topological polar surface area (TPSA) is 50.4 Å². The van der Waals surface area contributed by atoms with Crippen LogP contribution in [0, 0.1) is 12.8 Å². The number of anilines is 1. The summed E-state index contributed by atoms with van der Waals surface area (Å²) < 4.78 is 5.93. The van der Waals surface area contributed by atoms with Gasteiger partial charge in [-0.25, -0.2) is 0 Å². The number of fused-ring (bicyclic) bond motifs is 1. The van der Waals surface area contributed by atoms with Crippen molar-refractivity contribution in [3.8, 4) is 5.75 Å². The first kappa shape index (κ1) is 20.9. The maximum absolute atomic E-state index is 12.3. The van der Waals surface area contributed by atoms with Gasteiger partial charge < -0.3 is 15.4 Å². The van der Waals surface area contributed by atoms with Crippen molar-refractivity contribution in [1.82, 2.24) is 5.32 Å². The van der Waals surface area contributed by atoms with Gasteiger partial charge >= 0.3 is 0 Å². The number of rotatable bonds is 9. The molecule has 0 radical (unpaired) electrons. The van der Waals surface area contributed by atoms with Crippen LogP contribution in [0.4, 0.5) is 5.69 Å². The summed E-state index contributed by atoms with van der Waals surface area (Å²) in [6.45, 7) is 8.11. The third-order valence-corrected chi connectivity index (χ3v) is 4.89. The second-order valence-corrected chi connectivity index (χ2v) is 7.83. The maximum atomic E-state index is 12.3. The Kier molecular flexibility index (Phi) is 7.25. The van der Waals surface area contributed by atoms with Gasteiger partial charge in [0.15, 0.2) is 6.61 Å². The average Bonchev–Trinajstić information content (AvgIpc) is 2.71. The van der Waals surface area contributed by atoms with Crippen LogP contribution >= 0.6 is 0 Å². The van der Waals surface area contributed by atoms with Gasteiger partial charge in [-0.2, -0.15) is 0 Å². The molecule has 0 spiro atoms. The highest BCUT2D eigenvalue weighted by atomic mass is 16.5. The van der Waals surface area contributed by atoms with E-state index in [4.69, 9.17) is 4.74 Å². The van der Waals surface area contributed by atoms with Crippen molar-refractivity contribution < 1.29 is 9.53 Å². The van der Waals surface area contributed by atoms with Crippen molar-refractivity contribution >= 4 is 22.4 Å². The lowest BCUT2D eigenvalue weighted by Gasteiger charge is -2.15. The monoisotopic (exact) mass is 390 g/mol. The van der Waals surface area contributed by atoms with Crippen LogP contribution in [-0.2, 0) is 11.3 Å². The molecule has 0 aliphatic heterocycles. The Hall–Kier alpha value is -2.85. The Labute approximate surface area is 173 Å². The fraction of sp³-hybridized carbons (Fsp3) is 0.320. The van der Waals surface area contributed by atoms with Crippen molar-refractivity contribution in [3.05, 3.63) is 71.8 Å². The summed E-state index contributed by atoms with van der Waals surface area (Å²) in [5.74, 6) is 1.25. The smallest absolute Gasteiger partial charge is 0.262 e. The molecule has 0 bridgehead atoms. The molecule has 3 aromatic rings. The van der Waals surface area contributed by atoms with Crippen LogP contribution in [0.1, 0.15) is 31.4 Å². The van der Waals surface area contributed by atoms with E-state index in [0.717, 1.165) is 40.9 Å². The highest BCUT2D eigenvalue weighted by Crippen LogP contribution is 2.28. The van der Waals surface area contributed by atoms with E-state index in [9.17, 15) is 4.79 Å². The molecule has 0 heterocycles. The van der Waals surface area contributed by atoms with Gasteiger partial charge in [-0.05, 0) is 54.8 Å². The molecule has 0 atom stereocenters. The Balaban J connectivity index is 1.69. The number of nitrogens with one attached hydrogen (secondary N) is 2. The molecule has 0 aromatic heterocycles. The first-order chi connectivity index (χ1) is 14.0. The Morgan fingerprint density at radius 3 is 2.52 bits per heavy atom. The van der Waals surface area contributed by atoms with Gasteiger partial charge in [0.1, 0.15) is 5.75 Å². The number of aryl methyl sites for hydroxylation is 1. The standard InChI is InChI=1S/C25H30N2O2/c1-18(2)14-15-26-16-23-22-7-5-4-6-20(22)10-13-24(23)29-17-25(28)27-21-11-8-19(3)9-12-21/h4-13,18,26H,14-17H2,1-3H3,(H,27,28). The molecule has 0 aliphatic rings. The summed E-state index contributed by atoms with van der Waals surface area (Å²) in [7, 11) is 0. The summed E-state index contributed by atoms with van der Waals surface area (Å²) >= 11 is 0. The molecule has 29 heavy (non-hydrogen) atoms. The van der Waals surface area contributed by atoms with Crippen molar-refractivity contribution in [2.75, 3.05) is 18.5 Å². The van der Waals surface area contributed by atoms with Crippen LogP contribution < -0.4 is 15.4 Å². The molecule has 152 valence electrons. The third kappa shape index (κ3) is 6.06. The Bertz CT molecular complexity index is 949. The van der Waals surface area contributed by atoms with Crippen LogP contribution in [-0.4, -0.2) is 19.1 Å². The number of hydrogen-bond acceptors (Lipinski definition) is 3. The second-order valence-electron chi connectivity index (χ2n) is 7.83. The fourth-order valence-corrected chi connectivity index (χ4v) is 3.21. The van der Waals surface area contributed by atoms with Gasteiger partial charge in [0.2, 0.25) is 0 Å². The van der Waals surface area contributed by atoms with E-state index in [1.54, 1.807) is 0 Å². The first-order valence-corrected chi connectivity index (χ1v) is 10.2. The predicted octanol–water partition coefficient (Wildman–Crippen LogP) is 5.30. The van der Waals surface area contributed by atoms with Crippen molar-refractivity contribution in [1.29, 1.82) is 0 Å². The number of ether oxygens (including phenoxy) is 1. The van der Waals surface area contributed by atoms with E-state index in [2.05, 4.69) is 36.6 Å². The summed E-state index contributed by atoms with van der Waals surface area (Å²) in [6.07, 6.45) is 1.12. The van der Waals surface area contributed by atoms with E-state index >= 15 is 0 Å². The molecule has 0 aliphatic carbocycles. The number of carbonyl (C=O) groups excluding carboxylic acids is 1. The van der Waals surface area contributed by atoms with Crippen molar-refractivity contribution in [2.45, 2.75) is 33.7 Å². The molecular weight excluding hydrogens is 360 g/mol. The lowest BCUT2D eigenvalue weighted by atomic mass is 10.0. The normalized spacial score (nSPS) is 11.0. The van der Waals surface area contributed by atoms with Crippen LogP contribution in [0.15, 0.2) is 60.7 Å². The molecule has 3 aromatic carbocycles. The Morgan fingerprint density at radius 1 is 1.00 bits per heavy atom. The summed E-state index contributed by atoms with van der Waals surface area (Å²) in [5, 5.41) is 8.72. The van der Waals surface area contributed by atoms with E-state index in [1.165, 1.54) is 5.39 Å². The number of benzene rings is 3. The quantitative estimate of drug-likeness (QED) is 0.487. The lowest BCUT2D eigenvalue weighted by molar-refractivity contribution is -0.118. The van der Waals surface area contributed by atoms with E-state index in [0.29, 0.717) is 12.5 Å². The van der Waals surface area contributed by atoms with Gasteiger partial charge in [-0.3, -0.25) is 4.79 Å². The van der Waals surface area contributed by atoms with Crippen molar-refractivity contribution in [3.63, 3.8) is 0 Å². The minimum Gasteiger partial charge on any atom is -0.483 e. The largest absolute Gasteiger partial charge is 0.483 e. The van der Waals surface area contributed by atoms with Crippen LogP contribution in [0.25, 0.3) is 10.8 Å². The SMILES string of the molecule is Cc1ccc(NC(=O)COc2ccc3ccccc3c2CNCCC(C)C)cc1. The van der Waals surface area contributed by atoms with Crippen LogP contribution in [0.2, 0.25) is 0 Å². The Morgan fingerprint density at radius 2 is 1.76 bits per heavy atom. The molecule has 0 saturated heterocycles. The first-order valence-electron chi connectivity index (χ1n) is 10.2. The van der Waals surface area contributed by atoms with Gasteiger partial charge in [-0.1, -0.05) is 61.9 Å². The predicted molar refractivity (Wildman–Crippen MR) is 120 cm³/mol. The van der Waals surface area contributed by atoms with E-state index < -0.39 is 0 Å². The molecule has 0 unspecified atom stereocenters. The molecular formula is C25H30N2O2. The summed E-state index contributed by atoms with van der Waals surface area (Å²) in [6, 6.07) is 20.0. The van der Waals surface area contributed by atoms with Crippen molar-refractivity contribution in [2.24, 2.45) is 5.92 Å². The molecule has 1 amide bonds. The third-order valence-electron chi connectivity index (χ3n) is 4.89. The molecule has 2 N–H and O–H groups in total. The minimum atomic E-state index is -0.166. The second kappa shape index (κ2) is 10.1. The minimum absolute atomic E-state index is 0.0226. The molecule has 0 fully saturated rings. The molecule has 4 nitrogen and oxygen atoms in total. The van der Waals surface area contributed by atoms with Crippen LogP contribution in [0.3, 0.4) is 0 Å². The fourth-order valence-electron chi connectivity index (χ4n) is 3.21. The highest BCUT2D eigenvalue weighted by Gasteiger charge is 2.11. The zero-order valence-electron chi connectivity index (χ0n) is 17.5. The lowest BCUT2D eigenvalue weighted by Crippen LogP contribution is -2.21. The number of hydrogen-bond donors (Lipinski definition) is 2. The van der Waals surface area contributed by atoms with Gasteiger partial charge in [0, 0.05) is 17.8 Å². The van der Waals surface area contributed by atoms with Gasteiger partial charge in [0.05, 0.1) is 0 Å². The van der Waals surface area contributed by atoms with Gasteiger partial charge in [-0.15, -0.1) is 0 Å². The zero-order chi connectivity index (χ0) is 20.6. The average molecular weight is 391 g/mol. The van der Waals surface area contributed by atoms with Crippen LogP contribution in [0.5, 0.6) is 5.75 Å². The van der Waals surface area contributed by atoms with E-state index in [-0.39, 0.29) is 12.5 Å². The highest BCUT2D eigenvalue weighted by molar-refractivity contribution is 5.92. The maximum Gasteiger partial charge on any atom is 0.262 e. The summed E-state index contributed by atoms with van der Waals surface area (Å²) in [4.78, 5) is 12.3. The summed E-state index contributed by atoms with van der Waals surface area (Å²) in [5.41, 5.74) is 3.03. The molecule has 3 rings (SSSR count). The molecule has 4 heteroatoms. The molecule has 0 saturated carbocycles. The van der Waals surface area contributed by atoms with E-state index in [1.807, 2.05) is 55.5 Å².